The predicted octanol–water partition coefficient (Wildman–Crippen LogP) is 4.89. The molecule has 0 radical (unpaired) electrons. The number of nitrogens with zero attached hydrogens (tertiary/aromatic N) is 1. The molecule has 1 saturated heterocycles. The smallest absolute Gasteiger partial charge is 0.121 e. The Morgan fingerprint density at radius 1 is 1.23 bits per heavy atom. The van der Waals surface area contributed by atoms with Crippen LogP contribution in [0.15, 0.2) is 84.2 Å². The van der Waals surface area contributed by atoms with Gasteiger partial charge in [-0.15, -0.1) is 0 Å². The van der Waals surface area contributed by atoms with Crippen molar-refractivity contribution in [3.05, 3.63) is 84.2 Å². The molecule has 2 N–H and O–H groups in total. The molecule has 0 amide bonds. The molecule has 1 atom stereocenters. The van der Waals surface area contributed by atoms with Gasteiger partial charge in [0.15, 0.2) is 0 Å². The van der Waals surface area contributed by atoms with E-state index in [4.69, 9.17) is 0 Å². The lowest BCUT2D eigenvalue weighted by molar-refractivity contribution is 0.367. The molecule has 1 aliphatic carbocycles. The highest BCUT2D eigenvalue weighted by Crippen LogP contribution is 2.35. The maximum atomic E-state index is 4.34. The second-order valence-electron chi connectivity index (χ2n) is 8.94. The third-order valence-corrected chi connectivity index (χ3v) is 5.25. The predicted molar refractivity (Wildman–Crippen MR) is 126 cm³/mol. The van der Waals surface area contributed by atoms with Crippen LogP contribution in [0.25, 0.3) is 0 Å². The Morgan fingerprint density at radius 3 is 2.67 bits per heavy atom. The van der Waals surface area contributed by atoms with Crippen molar-refractivity contribution < 1.29 is 0 Å². The van der Waals surface area contributed by atoms with Gasteiger partial charge in [-0.25, -0.2) is 0 Å². The van der Waals surface area contributed by atoms with Gasteiger partial charge in [0.2, 0.25) is 0 Å². The van der Waals surface area contributed by atoms with Gasteiger partial charge in [0, 0.05) is 41.4 Å². The maximum absolute atomic E-state index is 4.34. The maximum Gasteiger partial charge on any atom is 0.121 e. The van der Waals surface area contributed by atoms with Gasteiger partial charge in [0.25, 0.3) is 0 Å². The van der Waals surface area contributed by atoms with Crippen LogP contribution in [0, 0.1) is 29.1 Å². The van der Waals surface area contributed by atoms with Gasteiger partial charge < -0.3 is 15.5 Å². The van der Waals surface area contributed by atoms with E-state index in [1.165, 1.54) is 0 Å². The van der Waals surface area contributed by atoms with Crippen molar-refractivity contribution in [3.8, 4) is 23.7 Å². The average Bonchev–Trinajstić information content (AvgIpc) is 2.91. The molecule has 3 nitrogen and oxygen atoms in total. The normalized spacial score (nSPS) is 23.5. The Bertz CT molecular complexity index is 1030. The zero-order valence-corrected chi connectivity index (χ0v) is 18.6. The first-order valence-corrected chi connectivity index (χ1v) is 10.3. The summed E-state index contributed by atoms with van der Waals surface area (Å²) in [6.07, 6.45) is 11.9. The highest BCUT2D eigenvalue weighted by molar-refractivity contribution is 5.52. The minimum absolute atomic E-state index is 0.0660. The number of hydrogen-bond acceptors (Lipinski definition) is 3. The van der Waals surface area contributed by atoms with Crippen LogP contribution >= 0.6 is 0 Å². The molecule has 0 spiro atoms. The van der Waals surface area contributed by atoms with E-state index >= 15 is 0 Å². The molecule has 3 rings (SSSR count). The van der Waals surface area contributed by atoms with Crippen LogP contribution < -0.4 is 10.6 Å². The van der Waals surface area contributed by atoms with Gasteiger partial charge in [-0.05, 0) is 51.0 Å². The van der Waals surface area contributed by atoms with E-state index in [1.54, 1.807) is 0 Å². The quantitative estimate of drug-likeness (QED) is 0.664. The van der Waals surface area contributed by atoms with Crippen molar-refractivity contribution in [1.82, 2.24) is 15.5 Å². The van der Waals surface area contributed by atoms with Gasteiger partial charge in [0.05, 0.1) is 12.4 Å². The van der Waals surface area contributed by atoms with Gasteiger partial charge in [-0.1, -0.05) is 55.6 Å². The van der Waals surface area contributed by atoms with E-state index in [-0.39, 0.29) is 5.41 Å². The summed E-state index contributed by atoms with van der Waals surface area (Å²) >= 11 is 0. The average molecular weight is 398 g/mol. The first-order chi connectivity index (χ1) is 14.1. The molecule has 1 fully saturated rings. The zero-order chi connectivity index (χ0) is 21.9. The van der Waals surface area contributed by atoms with E-state index < -0.39 is 5.54 Å². The third kappa shape index (κ3) is 4.64. The van der Waals surface area contributed by atoms with Crippen molar-refractivity contribution in [2.45, 2.75) is 46.1 Å². The number of hydrogen-bond donors (Lipinski definition) is 2. The molecule has 30 heavy (non-hydrogen) atoms. The molecule has 2 aliphatic heterocycles. The summed E-state index contributed by atoms with van der Waals surface area (Å²) in [6.45, 7) is 21.8. The van der Waals surface area contributed by atoms with Crippen molar-refractivity contribution in [1.29, 1.82) is 0 Å². The fraction of sp³-hybridized carbons (Fsp3) is 0.333. The molecule has 0 aromatic heterocycles. The molecule has 3 aliphatic rings. The summed E-state index contributed by atoms with van der Waals surface area (Å²) < 4.78 is 0. The van der Waals surface area contributed by atoms with Gasteiger partial charge in [0.1, 0.15) is 5.54 Å². The standard InChI is InChI=1S/C27H31N3/c1-20-12-11-17-30(21(20)2)19-27(22(3)28-23(4)29-27)25-14-10-8-9-13-24(18-25)15-16-26(5,6)7/h11-12,14,17-18,28-29H,2-4,10,13,19H2,1,5-7H3. The Kier molecular flexibility index (Phi) is 5.86. The van der Waals surface area contributed by atoms with E-state index in [9.17, 15) is 0 Å². The van der Waals surface area contributed by atoms with E-state index in [0.29, 0.717) is 19.4 Å². The third-order valence-electron chi connectivity index (χ3n) is 5.25. The summed E-state index contributed by atoms with van der Waals surface area (Å²) in [5.74, 6) is 13.9. The van der Waals surface area contributed by atoms with E-state index in [0.717, 1.165) is 33.9 Å². The largest absolute Gasteiger partial charge is 0.356 e. The molecule has 3 heteroatoms. The molecular formula is C27H31N3. The van der Waals surface area contributed by atoms with Gasteiger partial charge >= 0.3 is 0 Å². The van der Waals surface area contributed by atoms with E-state index in [1.807, 2.05) is 6.08 Å². The summed E-state index contributed by atoms with van der Waals surface area (Å²) in [6, 6.07) is 0. The Labute approximate surface area is 181 Å². The molecule has 0 saturated carbocycles. The number of rotatable bonds is 3. The van der Waals surface area contributed by atoms with E-state index in [2.05, 4.69) is 111 Å². The van der Waals surface area contributed by atoms with Gasteiger partial charge in [-0.3, -0.25) is 0 Å². The first kappa shape index (κ1) is 21.4. The lowest BCUT2D eigenvalue weighted by Gasteiger charge is -2.38. The molecule has 1 unspecified atom stereocenters. The van der Waals surface area contributed by atoms with Crippen LogP contribution in [0.5, 0.6) is 0 Å². The van der Waals surface area contributed by atoms with Crippen LogP contribution in [0.3, 0.4) is 0 Å². The van der Waals surface area contributed by atoms with Crippen molar-refractivity contribution >= 4 is 0 Å². The highest BCUT2D eigenvalue weighted by atomic mass is 15.3. The van der Waals surface area contributed by atoms with Crippen molar-refractivity contribution in [2.75, 3.05) is 6.54 Å². The van der Waals surface area contributed by atoms with Gasteiger partial charge in [-0.2, -0.15) is 0 Å². The Balaban J connectivity index is 2.05. The summed E-state index contributed by atoms with van der Waals surface area (Å²) in [5, 5.41) is 6.85. The summed E-state index contributed by atoms with van der Waals surface area (Å²) in [5.41, 5.74) is 4.47. The number of allylic oxidation sites excluding steroid dienone is 5. The topological polar surface area (TPSA) is 27.3 Å². The minimum atomic E-state index is -0.560. The molecule has 0 bridgehead atoms. The lowest BCUT2D eigenvalue weighted by atomic mass is 9.83. The fourth-order valence-electron chi connectivity index (χ4n) is 3.57. The van der Waals surface area contributed by atoms with Crippen LogP contribution in [-0.2, 0) is 0 Å². The number of nitrogens with one attached hydrogen (secondary N) is 2. The Morgan fingerprint density at radius 2 is 2.00 bits per heavy atom. The lowest BCUT2D eigenvalue weighted by Crippen LogP contribution is -2.50. The zero-order valence-electron chi connectivity index (χ0n) is 18.6. The monoisotopic (exact) mass is 397 g/mol. The second kappa shape index (κ2) is 8.21. The highest BCUT2D eigenvalue weighted by Gasteiger charge is 2.43. The van der Waals surface area contributed by atoms with Crippen LogP contribution in [0.4, 0.5) is 0 Å². The van der Waals surface area contributed by atoms with Crippen molar-refractivity contribution in [3.63, 3.8) is 0 Å². The van der Waals surface area contributed by atoms with Crippen LogP contribution in [-0.4, -0.2) is 17.0 Å². The summed E-state index contributed by atoms with van der Waals surface area (Å²) in [4.78, 5) is 2.16. The van der Waals surface area contributed by atoms with Crippen LogP contribution in [0.2, 0.25) is 0 Å². The molecule has 0 aromatic carbocycles. The summed E-state index contributed by atoms with van der Waals surface area (Å²) in [7, 11) is 0. The van der Waals surface area contributed by atoms with Crippen molar-refractivity contribution in [2.24, 2.45) is 5.41 Å². The molecule has 0 aromatic rings. The Hall–Kier alpha value is -3.30. The SMILES string of the molecule is C=C1NC(=C)C(CN2C=CC=C(C)C2=C)(C2=CCC#CCC(C#CC(C)(C)C)=C2)N1. The molecular weight excluding hydrogens is 366 g/mol. The van der Waals surface area contributed by atoms with Crippen LogP contribution in [0.1, 0.15) is 40.5 Å². The molecule has 154 valence electrons. The first-order valence-electron chi connectivity index (χ1n) is 10.3. The molecule has 2 heterocycles. The fourth-order valence-corrected chi connectivity index (χ4v) is 3.57. The second-order valence-corrected chi connectivity index (χ2v) is 8.94. The minimum Gasteiger partial charge on any atom is -0.356 e.